The maximum atomic E-state index is 12.7. The van der Waals surface area contributed by atoms with E-state index in [1.54, 1.807) is 31.6 Å². The number of aryl methyl sites for hydroxylation is 1. The third-order valence-electron chi connectivity index (χ3n) is 5.04. The van der Waals surface area contributed by atoms with E-state index in [9.17, 15) is 4.79 Å². The number of nitrogens with one attached hydrogen (secondary N) is 1. The number of para-hydroxylation sites is 1. The highest BCUT2D eigenvalue weighted by atomic mass is 32.1. The number of aromatic nitrogens is 2. The van der Waals surface area contributed by atoms with Gasteiger partial charge in [0.1, 0.15) is 10.7 Å². The molecule has 6 heteroatoms. The van der Waals surface area contributed by atoms with E-state index < -0.39 is 0 Å². The lowest BCUT2D eigenvalue weighted by molar-refractivity contribution is 0.354. The molecule has 27 heavy (non-hydrogen) atoms. The zero-order valence-electron chi connectivity index (χ0n) is 15.7. The molecule has 0 spiro atoms. The van der Waals surface area contributed by atoms with Gasteiger partial charge in [-0.1, -0.05) is 19.1 Å². The lowest BCUT2D eigenvalue weighted by Crippen LogP contribution is -2.13. The van der Waals surface area contributed by atoms with Gasteiger partial charge in [-0.2, -0.15) is 0 Å². The Bertz CT molecular complexity index is 1080. The molecule has 0 bridgehead atoms. The summed E-state index contributed by atoms with van der Waals surface area (Å²) in [5, 5.41) is 0.776. The minimum atomic E-state index is -0.0516. The lowest BCUT2D eigenvalue weighted by atomic mass is 9.89. The zero-order chi connectivity index (χ0) is 19.0. The summed E-state index contributed by atoms with van der Waals surface area (Å²) >= 11 is 1.66. The van der Waals surface area contributed by atoms with E-state index in [0.29, 0.717) is 23.2 Å². The lowest BCUT2D eigenvalue weighted by Gasteiger charge is -2.17. The van der Waals surface area contributed by atoms with Crippen molar-refractivity contribution in [3.63, 3.8) is 0 Å². The van der Waals surface area contributed by atoms with Gasteiger partial charge in [-0.25, -0.2) is 4.98 Å². The van der Waals surface area contributed by atoms with Crippen LogP contribution in [0.2, 0.25) is 0 Å². The van der Waals surface area contributed by atoms with Crippen molar-refractivity contribution in [1.29, 1.82) is 0 Å². The fraction of sp³-hybridized carbons (Fsp3) is 0.333. The minimum Gasteiger partial charge on any atom is -0.493 e. The highest BCUT2D eigenvalue weighted by molar-refractivity contribution is 7.18. The minimum absolute atomic E-state index is 0.0516. The molecule has 140 valence electrons. The number of ether oxygens (including phenoxy) is 2. The first kappa shape index (κ1) is 17.8. The smallest absolute Gasteiger partial charge is 0.260 e. The van der Waals surface area contributed by atoms with Crippen molar-refractivity contribution in [2.24, 2.45) is 5.92 Å². The number of fused-ring (bicyclic) bond motifs is 3. The maximum Gasteiger partial charge on any atom is 0.260 e. The Morgan fingerprint density at radius 3 is 2.89 bits per heavy atom. The molecule has 1 N–H and O–H groups in total. The second-order valence-electron chi connectivity index (χ2n) is 6.90. The first-order valence-corrected chi connectivity index (χ1v) is 9.86. The average Bonchev–Trinajstić information content (AvgIpc) is 3.03. The standard InChI is InChI=1S/C21H22N2O3S/c1-12-7-9-14-16(11-12)27-21-18(14)20(24)22-17(23-21)10-8-13-5-4-6-15(25-2)19(13)26-3/h4-6,8,10,12H,7,9,11H2,1-3H3,(H,22,23,24)/b10-8+/t12-/m1/s1. The van der Waals surface area contributed by atoms with Crippen LogP contribution < -0.4 is 15.0 Å². The highest BCUT2D eigenvalue weighted by Gasteiger charge is 2.22. The summed E-state index contributed by atoms with van der Waals surface area (Å²) < 4.78 is 10.8. The predicted octanol–water partition coefficient (Wildman–Crippen LogP) is 4.30. The molecule has 2 heterocycles. The Hall–Kier alpha value is -2.60. The highest BCUT2D eigenvalue weighted by Crippen LogP contribution is 2.36. The van der Waals surface area contributed by atoms with Crippen LogP contribution in [0.25, 0.3) is 22.4 Å². The van der Waals surface area contributed by atoms with Gasteiger partial charge in [-0.3, -0.25) is 4.79 Å². The van der Waals surface area contributed by atoms with Crippen LogP contribution in [0.1, 0.15) is 35.2 Å². The molecule has 2 aromatic heterocycles. The molecular formula is C21H22N2O3S. The fourth-order valence-electron chi connectivity index (χ4n) is 3.66. The van der Waals surface area contributed by atoms with Crippen LogP contribution in [0.3, 0.4) is 0 Å². The molecule has 0 radical (unpaired) electrons. The van der Waals surface area contributed by atoms with E-state index in [0.717, 1.165) is 35.0 Å². The Labute approximate surface area is 161 Å². The molecule has 0 unspecified atom stereocenters. The summed E-state index contributed by atoms with van der Waals surface area (Å²) in [6.07, 6.45) is 6.83. The summed E-state index contributed by atoms with van der Waals surface area (Å²) in [6, 6.07) is 5.67. The second kappa shape index (κ2) is 7.19. The Balaban J connectivity index is 1.74. The van der Waals surface area contributed by atoms with Gasteiger partial charge in [0.2, 0.25) is 0 Å². The molecular weight excluding hydrogens is 360 g/mol. The number of hydrogen-bond acceptors (Lipinski definition) is 5. The van der Waals surface area contributed by atoms with Crippen molar-refractivity contribution < 1.29 is 9.47 Å². The largest absolute Gasteiger partial charge is 0.493 e. The molecule has 1 aliphatic carbocycles. The van der Waals surface area contributed by atoms with Crippen LogP contribution in [0.15, 0.2) is 23.0 Å². The molecule has 5 nitrogen and oxygen atoms in total. The first-order valence-electron chi connectivity index (χ1n) is 9.04. The van der Waals surface area contributed by atoms with Crippen molar-refractivity contribution in [3.05, 3.63) is 50.4 Å². The number of benzene rings is 1. The number of H-pyrrole nitrogens is 1. The summed E-state index contributed by atoms with van der Waals surface area (Å²) in [7, 11) is 3.22. The summed E-state index contributed by atoms with van der Waals surface area (Å²) in [4.78, 5) is 22.4. The van der Waals surface area contributed by atoms with Crippen LogP contribution in [0, 0.1) is 5.92 Å². The SMILES string of the molecule is COc1cccc(/C=C/c2nc3sc4c(c3c(=O)[nH]2)CC[C@@H](C)C4)c1OC. The Morgan fingerprint density at radius 1 is 1.26 bits per heavy atom. The van der Waals surface area contributed by atoms with Crippen molar-refractivity contribution >= 4 is 33.7 Å². The van der Waals surface area contributed by atoms with Crippen LogP contribution in [-0.4, -0.2) is 24.2 Å². The van der Waals surface area contributed by atoms with Gasteiger partial charge < -0.3 is 14.5 Å². The fourth-order valence-corrected chi connectivity index (χ4v) is 5.05. The van der Waals surface area contributed by atoms with E-state index in [2.05, 4.69) is 16.9 Å². The molecule has 0 fully saturated rings. The number of hydrogen-bond donors (Lipinski definition) is 1. The maximum absolute atomic E-state index is 12.7. The number of nitrogens with zero attached hydrogens (tertiary/aromatic N) is 1. The molecule has 3 aromatic rings. The van der Waals surface area contributed by atoms with Crippen molar-refractivity contribution in [2.45, 2.75) is 26.2 Å². The number of aromatic amines is 1. The molecule has 1 aliphatic rings. The molecule has 0 saturated carbocycles. The Kier molecular flexibility index (Phi) is 4.74. The van der Waals surface area contributed by atoms with Gasteiger partial charge in [0.15, 0.2) is 11.5 Å². The molecule has 1 atom stereocenters. The quantitative estimate of drug-likeness (QED) is 0.731. The van der Waals surface area contributed by atoms with Gasteiger partial charge >= 0.3 is 0 Å². The predicted molar refractivity (Wildman–Crippen MR) is 110 cm³/mol. The van der Waals surface area contributed by atoms with Crippen LogP contribution in [0.4, 0.5) is 0 Å². The van der Waals surface area contributed by atoms with E-state index >= 15 is 0 Å². The van der Waals surface area contributed by atoms with E-state index in [1.165, 1.54) is 10.4 Å². The zero-order valence-corrected chi connectivity index (χ0v) is 16.5. The Morgan fingerprint density at radius 2 is 2.11 bits per heavy atom. The molecule has 1 aromatic carbocycles. The number of rotatable bonds is 4. The van der Waals surface area contributed by atoms with Gasteiger partial charge in [-0.05, 0) is 49.0 Å². The average molecular weight is 382 g/mol. The van der Waals surface area contributed by atoms with Crippen LogP contribution in [-0.2, 0) is 12.8 Å². The van der Waals surface area contributed by atoms with Crippen molar-refractivity contribution in [3.8, 4) is 11.5 Å². The summed E-state index contributed by atoms with van der Waals surface area (Å²) in [5.41, 5.74) is 2.01. The molecule has 4 rings (SSSR count). The van der Waals surface area contributed by atoms with Gasteiger partial charge in [0.25, 0.3) is 5.56 Å². The number of methoxy groups -OCH3 is 2. The van der Waals surface area contributed by atoms with E-state index in [1.807, 2.05) is 24.3 Å². The monoisotopic (exact) mass is 382 g/mol. The van der Waals surface area contributed by atoms with Crippen molar-refractivity contribution in [2.75, 3.05) is 14.2 Å². The van der Waals surface area contributed by atoms with Crippen LogP contribution >= 0.6 is 11.3 Å². The third-order valence-corrected chi connectivity index (χ3v) is 6.19. The normalized spacial score (nSPS) is 16.6. The topological polar surface area (TPSA) is 64.2 Å². The molecule has 0 saturated heterocycles. The van der Waals surface area contributed by atoms with Gasteiger partial charge in [0, 0.05) is 10.4 Å². The summed E-state index contributed by atoms with van der Waals surface area (Å²) in [6.45, 7) is 2.26. The molecule has 0 amide bonds. The van der Waals surface area contributed by atoms with Gasteiger partial charge in [0.05, 0.1) is 19.6 Å². The van der Waals surface area contributed by atoms with E-state index in [4.69, 9.17) is 9.47 Å². The van der Waals surface area contributed by atoms with Gasteiger partial charge in [-0.15, -0.1) is 11.3 Å². The van der Waals surface area contributed by atoms with Crippen molar-refractivity contribution in [1.82, 2.24) is 9.97 Å². The number of thiophene rings is 1. The van der Waals surface area contributed by atoms with E-state index in [-0.39, 0.29) is 5.56 Å². The second-order valence-corrected chi connectivity index (χ2v) is 7.98. The molecule has 0 aliphatic heterocycles. The summed E-state index contributed by atoms with van der Waals surface area (Å²) in [5.74, 6) is 2.53. The van der Waals surface area contributed by atoms with Crippen LogP contribution in [0.5, 0.6) is 11.5 Å². The first-order chi connectivity index (χ1) is 13.1. The third kappa shape index (κ3) is 3.25.